The van der Waals surface area contributed by atoms with Crippen molar-refractivity contribution >= 4 is 15.9 Å². The Morgan fingerprint density at radius 2 is 2.24 bits per heavy atom. The molecule has 0 saturated heterocycles. The molecule has 2 aromatic rings. The second-order valence-electron chi connectivity index (χ2n) is 3.95. The third-order valence-electron chi connectivity index (χ3n) is 2.75. The summed E-state index contributed by atoms with van der Waals surface area (Å²) in [7, 11) is 3.89. The van der Waals surface area contributed by atoms with Gasteiger partial charge in [0.25, 0.3) is 0 Å². The molecule has 0 aliphatic heterocycles. The number of aromatic nitrogens is 3. The molecule has 90 valence electrons. The highest BCUT2D eigenvalue weighted by atomic mass is 79.9. The SMILES string of the molecule is CNC(c1ccnc(C)c1)c1c(Br)cnn1C. The van der Waals surface area contributed by atoms with Crippen molar-refractivity contribution in [3.05, 3.63) is 46.0 Å². The first-order chi connectivity index (χ1) is 8.13. The van der Waals surface area contributed by atoms with Crippen LogP contribution in [0.2, 0.25) is 0 Å². The Morgan fingerprint density at radius 3 is 2.76 bits per heavy atom. The van der Waals surface area contributed by atoms with E-state index in [0.29, 0.717) is 0 Å². The van der Waals surface area contributed by atoms with Gasteiger partial charge >= 0.3 is 0 Å². The van der Waals surface area contributed by atoms with Crippen LogP contribution in [0.3, 0.4) is 0 Å². The predicted molar refractivity (Wildman–Crippen MR) is 70.8 cm³/mol. The third kappa shape index (κ3) is 2.40. The number of nitrogens with zero attached hydrogens (tertiary/aromatic N) is 3. The molecule has 4 nitrogen and oxygen atoms in total. The molecule has 2 rings (SSSR count). The van der Waals surface area contributed by atoms with Crippen molar-refractivity contribution in [1.29, 1.82) is 0 Å². The molecular formula is C12H15BrN4. The van der Waals surface area contributed by atoms with Gasteiger partial charge in [-0.25, -0.2) is 0 Å². The van der Waals surface area contributed by atoms with Crippen molar-refractivity contribution in [2.45, 2.75) is 13.0 Å². The molecule has 0 aliphatic carbocycles. The molecule has 1 N–H and O–H groups in total. The summed E-state index contributed by atoms with van der Waals surface area (Å²) < 4.78 is 2.88. The van der Waals surface area contributed by atoms with E-state index in [0.717, 1.165) is 15.9 Å². The Morgan fingerprint density at radius 1 is 1.47 bits per heavy atom. The van der Waals surface area contributed by atoms with Gasteiger partial charge in [0.1, 0.15) is 0 Å². The number of hydrogen-bond donors (Lipinski definition) is 1. The predicted octanol–water partition coefficient (Wildman–Crippen LogP) is 2.19. The van der Waals surface area contributed by atoms with Crippen molar-refractivity contribution in [3.8, 4) is 0 Å². The third-order valence-corrected chi connectivity index (χ3v) is 3.36. The van der Waals surface area contributed by atoms with Gasteiger partial charge in [-0.1, -0.05) is 0 Å². The summed E-state index contributed by atoms with van der Waals surface area (Å²) in [6.07, 6.45) is 3.65. The topological polar surface area (TPSA) is 42.7 Å². The van der Waals surface area contributed by atoms with Gasteiger partial charge in [-0.15, -0.1) is 0 Å². The second kappa shape index (κ2) is 4.98. The van der Waals surface area contributed by atoms with E-state index < -0.39 is 0 Å². The fraction of sp³-hybridized carbons (Fsp3) is 0.333. The number of nitrogens with one attached hydrogen (secondary N) is 1. The van der Waals surface area contributed by atoms with Crippen LogP contribution in [0.4, 0.5) is 0 Å². The van der Waals surface area contributed by atoms with Gasteiger partial charge in [-0.05, 0) is 47.6 Å². The highest BCUT2D eigenvalue weighted by Crippen LogP contribution is 2.27. The highest BCUT2D eigenvalue weighted by Gasteiger charge is 2.19. The summed E-state index contributed by atoms with van der Waals surface area (Å²) >= 11 is 3.54. The molecular weight excluding hydrogens is 280 g/mol. The maximum absolute atomic E-state index is 4.25. The largest absolute Gasteiger partial charge is 0.308 e. The summed E-state index contributed by atoms with van der Waals surface area (Å²) in [6.45, 7) is 1.99. The van der Waals surface area contributed by atoms with Crippen LogP contribution in [-0.4, -0.2) is 21.8 Å². The summed E-state index contributed by atoms with van der Waals surface area (Å²) in [6, 6.07) is 4.22. The van der Waals surface area contributed by atoms with E-state index in [1.807, 2.05) is 44.2 Å². The zero-order valence-electron chi connectivity index (χ0n) is 10.1. The van der Waals surface area contributed by atoms with Gasteiger partial charge in [0.15, 0.2) is 0 Å². The van der Waals surface area contributed by atoms with Crippen LogP contribution in [-0.2, 0) is 7.05 Å². The van der Waals surface area contributed by atoms with Crippen molar-refractivity contribution in [2.24, 2.45) is 7.05 Å². The molecule has 0 aliphatic rings. The Bertz CT molecular complexity index is 501. The zero-order chi connectivity index (χ0) is 12.4. The molecule has 0 bridgehead atoms. The summed E-state index contributed by atoms with van der Waals surface area (Å²) in [5.41, 5.74) is 3.31. The van der Waals surface area contributed by atoms with Gasteiger partial charge in [0.05, 0.1) is 22.4 Å². The fourth-order valence-corrected chi connectivity index (χ4v) is 2.53. The first-order valence-corrected chi connectivity index (χ1v) is 6.20. The Kier molecular flexibility index (Phi) is 3.59. The van der Waals surface area contributed by atoms with Crippen molar-refractivity contribution in [1.82, 2.24) is 20.1 Å². The van der Waals surface area contributed by atoms with Gasteiger partial charge in [0.2, 0.25) is 0 Å². The van der Waals surface area contributed by atoms with Crippen molar-refractivity contribution in [3.63, 3.8) is 0 Å². The molecule has 1 atom stereocenters. The van der Waals surface area contributed by atoms with Crippen LogP contribution in [0.5, 0.6) is 0 Å². The number of hydrogen-bond acceptors (Lipinski definition) is 3. The van der Waals surface area contributed by atoms with Gasteiger partial charge in [-0.2, -0.15) is 5.10 Å². The maximum atomic E-state index is 4.25. The first kappa shape index (κ1) is 12.3. The smallest absolute Gasteiger partial charge is 0.0758 e. The van der Waals surface area contributed by atoms with Crippen LogP contribution in [0.1, 0.15) is 23.0 Å². The van der Waals surface area contributed by atoms with E-state index in [1.54, 1.807) is 0 Å². The summed E-state index contributed by atoms with van der Waals surface area (Å²) in [5.74, 6) is 0. The van der Waals surface area contributed by atoms with E-state index in [1.165, 1.54) is 5.56 Å². The van der Waals surface area contributed by atoms with Crippen LogP contribution < -0.4 is 5.32 Å². The fourth-order valence-electron chi connectivity index (χ4n) is 1.95. The monoisotopic (exact) mass is 294 g/mol. The normalized spacial score (nSPS) is 12.7. The minimum Gasteiger partial charge on any atom is -0.308 e. The lowest BCUT2D eigenvalue weighted by Gasteiger charge is -2.18. The zero-order valence-corrected chi connectivity index (χ0v) is 11.7. The maximum Gasteiger partial charge on any atom is 0.0758 e. The molecule has 2 aromatic heterocycles. The van der Waals surface area contributed by atoms with Crippen LogP contribution in [0.25, 0.3) is 0 Å². The molecule has 0 saturated carbocycles. The van der Waals surface area contributed by atoms with E-state index in [4.69, 9.17) is 0 Å². The Balaban J connectivity index is 2.47. The number of halogens is 1. The van der Waals surface area contributed by atoms with Crippen molar-refractivity contribution < 1.29 is 0 Å². The average molecular weight is 295 g/mol. The van der Waals surface area contributed by atoms with E-state index in [9.17, 15) is 0 Å². The molecule has 0 radical (unpaired) electrons. The minimum atomic E-state index is 0.110. The number of rotatable bonds is 3. The van der Waals surface area contributed by atoms with Gasteiger partial charge in [-0.3, -0.25) is 9.67 Å². The molecule has 0 spiro atoms. The highest BCUT2D eigenvalue weighted by molar-refractivity contribution is 9.10. The lowest BCUT2D eigenvalue weighted by molar-refractivity contribution is 0.603. The van der Waals surface area contributed by atoms with Gasteiger partial charge < -0.3 is 5.32 Å². The molecule has 17 heavy (non-hydrogen) atoms. The number of pyridine rings is 1. The minimum absolute atomic E-state index is 0.110. The van der Waals surface area contributed by atoms with Crippen LogP contribution in [0.15, 0.2) is 29.0 Å². The molecule has 0 fully saturated rings. The summed E-state index contributed by atoms with van der Waals surface area (Å²) in [4.78, 5) is 4.22. The molecule has 0 aromatic carbocycles. The van der Waals surface area contributed by atoms with Crippen molar-refractivity contribution in [2.75, 3.05) is 7.05 Å². The lowest BCUT2D eigenvalue weighted by atomic mass is 10.0. The number of aryl methyl sites for hydroxylation is 2. The molecule has 2 heterocycles. The Hall–Kier alpha value is -1.20. The van der Waals surface area contributed by atoms with E-state index in [-0.39, 0.29) is 6.04 Å². The molecule has 0 amide bonds. The van der Waals surface area contributed by atoms with E-state index >= 15 is 0 Å². The lowest BCUT2D eigenvalue weighted by Crippen LogP contribution is -2.21. The first-order valence-electron chi connectivity index (χ1n) is 5.40. The van der Waals surface area contributed by atoms with Crippen LogP contribution >= 0.6 is 15.9 Å². The molecule has 1 unspecified atom stereocenters. The standard InChI is InChI=1S/C12H15BrN4/c1-8-6-9(4-5-15-8)11(14-2)12-10(13)7-16-17(12)3/h4-7,11,14H,1-3H3. The summed E-state index contributed by atoms with van der Waals surface area (Å²) in [5, 5.41) is 7.56. The van der Waals surface area contributed by atoms with Gasteiger partial charge in [0, 0.05) is 18.9 Å². The van der Waals surface area contributed by atoms with Crippen LogP contribution in [0, 0.1) is 6.92 Å². The quantitative estimate of drug-likeness (QED) is 0.944. The van der Waals surface area contributed by atoms with E-state index in [2.05, 4.69) is 37.4 Å². The second-order valence-corrected chi connectivity index (χ2v) is 4.81. The Labute approximate surface area is 109 Å². The molecule has 5 heteroatoms. The average Bonchev–Trinajstić information content (AvgIpc) is 2.62.